The smallest absolute Gasteiger partial charge is 0.444 e. The van der Waals surface area contributed by atoms with Gasteiger partial charge in [0.1, 0.15) is 30.0 Å². The van der Waals surface area contributed by atoms with E-state index in [0.29, 0.717) is 12.1 Å². The highest BCUT2D eigenvalue weighted by atomic mass is 19.4. The average molecular weight is 595 g/mol. The molecule has 1 aromatic rings. The molecule has 0 aromatic heterocycles. The first kappa shape index (κ1) is 31.8. The van der Waals surface area contributed by atoms with Crippen LogP contribution in [0.1, 0.15) is 39.2 Å². The SMILES string of the molecule is CN(C)C(=O)CC1C2=NN(C(F)(F)F)CN2CCN1C(=O)CC(Cc1cc(F)c(F)cc1F)NC(=O)OC(C)(C)C. The first-order chi connectivity index (χ1) is 18.9. The predicted molar refractivity (Wildman–Crippen MR) is 134 cm³/mol. The summed E-state index contributed by atoms with van der Waals surface area (Å²) in [5, 5.41) is 5.98. The minimum Gasteiger partial charge on any atom is -0.444 e. The van der Waals surface area contributed by atoms with E-state index in [9.17, 15) is 40.7 Å². The van der Waals surface area contributed by atoms with Crippen molar-refractivity contribution >= 4 is 23.7 Å². The van der Waals surface area contributed by atoms with Crippen LogP contribution in [0.3, 0.4) is 0 Å². The van der Waals surface area contributed by atoms with Crippen molar-refractivity contribution in [2.24, 2.45) is 5.10 Å². The minimum absolute atomic E-state index is 0.0221. The number of hydrogen-bond donors (Lipinski definition) is 1. The van der Waals surface area contributed by atoms with Crippen LogP contribution in [0.5, 0.6) is 0 Å². The van der Waals surface area contributed by atoms with Crippen LogP contribution in [0.25, 0.3) is 0 Å². The quantitative estimate of drug-likeness (QED) is 0.296. The van der Waals surface area contributed by atoms with Crippen molar-refractivity contribution in [1.82, 2.24) is 25.0 Å². The number of amidine groups is 1. The van der Waals surface area contributed by atoms with Gasteiger partial charge in [-0.05, 0) is 38.8 Å². The molecule has 0 saturated carbocycles. The van der Waals surface area contributed by atoms with Gasteiger partial charge in [-0.3, -0.25) is 9.59 Å². The highest BCUT2D eigenvalue weighted by Crippen LogP contribution is 2.30. The highest BCUT2D eigenvalue weighted by Gasteiger charge is 2.47. The molecule has 0 bridgehead atoms. The lowest BCUT2D eigenvalue weighted by Crippen LogP contribution is -2.59. The number of alkyl halides is 3. The number of halogens is 6. The number of carbonyl (C=O) groups is 3. The summed E-state index contributed by atoms with van der Waals surface area (Å²) in [5.74, 6) is -5.16. The van der Waals surface area contributed by atoms with Crippen LogP contribution in [0.2, 0.25) is 0 Å². The van der Waals surface area contributed by atoms with E-state index in [2.05, 4.69) is 10.4 Å². The highest BCUT2D eigenvalue weighted by molar-refractivity contribution is 5.96. The molecule has 3 rings (SSSR count). The lowest BCUT2D eigenvalue weighted by atomic mass is 10.00. The second-order valence-electron chi connectivity index (χ2n) is 10.9. The average Bonchev–Trinajstić information content (AvgIpc) is 3.27. The van der Waals surface area contributed by atoms with Crippen LogP contribution in [-0.2, 0) is 20.7 Å². The van der Waals surface area contributed by atoms with Gasteiger partial charge < -0.3 is 24.8 Å². The van der Waals surface area contributed by atoms with Gasteiger partial charge in [0.2, 0.25) is 11.8 Å². The Morgan fingerprint density at radius 1 is 1.07 bits per heavy atom. The van der Waals surface area contributed by atoms with E-state index in [4.69, 9.17) is 4.74 Å². The number of ether oxygens (including phenoxy) is 1. The predicted octanol–water partition coefficient (Wildman–Crippen LogP) is 3.03. The summed E-state index contributed by atoms with van der Waals surface area (Å²) >= 11 is 0. The third kappa shape index (κ3) is 8.16. The molecule has 2 aliphatic rings. The fourth-order valence-electron chi connectivity index (χ4n) is 4.39. The van der Waals surface area contributed by atoms with Gasteiger partial charge in [0.05, 0.1) is 6.42 Å². The molecule has 1 fully saturated rings. The van der Waals surface area contributed by atoms with Crippen molar-refractivity contribution in [3.8, 4) is 0 Å². The van der Waals surface area contributed by atoms with E-state index >= 15 is 0 Å². The number of amides is 3. The third-order valence-electron chi connectivity index (χ3n) is 6.31. The van der Waals surface area contributed by atoms with E-state index < -0.39 is 78.9 Å². The Morgan fingerprint density at radius 2 is 1.71 bits per heavy atom. The van der Waals surface area contributed by atoms with Gasteiger partial charge in [0, 0.05) is 45.7 Å². The van der Waals surface area contributed by atoms with E-state index in [1.54, 1.807) is 20.8 Å². The van der Waals surface area contributed by atoms with Crippen molar-refractivity contribution < 1.29 is 45.5 Å². The molecule has 0 spiro atoms. The lowest BCUT2D eigenvalue weighted by molar-refractivity contribution is -0.247. The largest absolute Gasteiger partial charge is 0.502 e. The molecule has 1 N–H and O–H groups in total. The third-order valence-corrected chi connectivity index (χ3v) is 6.31. The molecule has 2 unspecified atom stereocenters. The van der Waals surface area contributed by atoms with Crippen LogP contribution < -0.4 is 5.32 Å². The van der Waals surface area contributed by atoms with Gasteiger partial charge in [0.15, 0.2) is 11.6 Å². The number of piperazine rings is 1. The van der Waals surface area contributed by atoms with E-state index in [1.807, 2.05) is 0 Å². The molecule has 1 aromatic carbocycles. The maximum Gasteiger partial charge on any atom is 0.502 e. The van der Waals surface area contributed by atoms with Gasteiger partial charge in [-0.1, -0.05) is 0 Å². The first-order valence-electron chi connectivity index (χ1n) is 12.7. The normalized spacial score (nSPS) is 18.1. The van der Waals surface area contributed by atoms with Gasteiger partial charge >= 0.3 is 12.4 Å². The van der Waals surface area contributed by atoms with E-state index in [-0.39, 0.29) is 35.9 Å². The van der Waals surface area contributed by atoms with Gasteiger partial charge in [-0.25, -0.2) is 18.0 Å². The maximum absolute atomic E-state index is 14.4. The summed E-state index contributed by atoms with van der Waals surface area (Å²) in [4.78, 5) is 42.4. The van der Waals surface area contributed by atoms with Crippen molar-refractivity contribution in [1.29, 1.82) is 0 Å². The van der Waals surface area contributed by atoms with E-state index in [0.717, 1.165) is 0 Å². The topological polar surface area (TPSA) is 97.8 Å². The summed E-state index contributed by atoms with van der Waals surface area (Å²) in [6.07, 6.45) is -7.10. The number of hydrazone groups is 1. The number of benzene rings is 1. The Labute approximate surface area is 232 Å². The zero-order chi connectivity index (χ0) is 30.9. The lowest BCUT2D eigenvalue weighted by Gasteiger charge is -2.41. The van der Waals surface area contributed by atoms with Crippen LogP contribution in [0.4, 0.5) is 31.1 Å². The molecule has 1 saturated heterocycles. The maximum atomic E-state index is 14.4. The van der Waals surface area contributed by atoms with Gasteiger partial charge in [-0.2, -0.15) is 10.1 Å². The second-order valence-corrected chi connectivity index (χ2v) is 10.9. The molecular weight excluding hydrogens is 562 g/mol. The van der Waals surface area contributed by atoms with Crippen LogP contribution in [-0.4, -0.2) is 101 Å². The molecule has 2 atom stereocenters. The molecule has 3 amide bonds. The zero-order valence-corrected chi connectivity index (χ0v) is 23.2. The summed E-state index contributed by atoms with van der Waals surface area (Å²) in [6, 6.07) is -1.42. The monoisotopic (exact) mass is 594 g/mol. The first-order valence-corrected chi connectivity index (χ1v) is 12.7. The Morgan fingerprint density at radius 3 is 2.29 bits per heavy atom. The number of nitrogens with zero attached hydrogens (tertiary/aromatic N) is 5. The second kappa shape index (κ2) is 12.0. The summed E-state index contributed by atoms with van der Waals surface area (Å²) in [7, 11) is 2.90. The Bertz CT molecular complexity index is 1200. The molecule has 41 heavy (non-hydrogen) atoms. The van der Waals surface area contributed by atoms with Crippen LogP contribution in [0.15, 0.2) is 17.2 Å². The Hall–Kier alpha value is -3.72. The Balaban J connectivity index is 1.90. The number of rotatable bonds is 7. The van der Waals surface area contributed by atoms with Crippen molar-refractivity contribution in [2.75, 3.05) is 33.9 Å². The van der Waals surface area contributed by atoms with Crippen molar-refractivity contribution in [3.05, 3.63) is 35.1 Å². The molecule has 0 radical (unpaired) electrons. The molecular formula is C25H32F6N6O4. The standard InChI is InChI=1S/C25H32F6N6O4/c1-24(2,3)41-23(40)32-15(8-14-9-17(27)18(28)11-16(14)26)10-21(39)36-7-6-35-13-37(25(29,30)31)33-22(35)19(36)12-20(38)34(4)5/h9,11,15,19H,6-8,10,12-13H2,1-5H3,(H,32,40). The van der Waals surface area contributed by atoms with Crippen molar-refractivity contribution in [2.45, 2.75) is 64.0 Å². The van der Waals surface area contributed by atoms with Gasteiger partial charge in [0.25, 0.3) is 0 Å². The zero-order valence-electron chi connectivity index (χ0n) is 23.2. The minimum atomic E-state index is -4.79. The molecule has 2 aliphatic heterocycles. The van der Waals surface area contributed by atoms with Crippen LogP contribution >= 0.6 is 0 Å². The van der Waals surface area contributed by atoms with E-state index in [1.165, 1.54) is 28.8 Å². The molecule has 228 valence electrons. The molecule has 16 heteroatoms. The number of nitrogens with one attached hydrogen (secondary N) is 1. The van der Waals surface area contributed by atoms with Crippen molar-refractivity contribution in [3.63, 3.8) is 0 Å². The number of hydrogen-bond acceptors (Lipinski definition) is 7. The summed E-state index contributed by atoms with van der Waals surface area (Å²) < 4.78 is 87.1. The molecule has 10 nitrogen and oxygen atoms in total. The fourth-order valence-corrected chi connectivity index (χ4v) is 4.39. The fraction of sp³-hybridized carbons (Fsp3) is 0.600. The summed E-state index contributed by atoms with van der Waals surface area (Å²) in [6.45, 7) is 4.05. The number of carbonyl (C=O) groups excluding carboxylic acids is 3. The number of fused-ring (bicyclic) bond motifs is 1. The molecule has 0 aliphatic carbocycles. The number of alkyl carbamates (subject to hydrolysis) is 1. The molecule has 2 heterocycles. The Kier molecular flexibility index (Phi) is 9.33. The van der Waals surface area contributed by atoms with Crippen LogP contribution in [0, 0.1) is 17.5 Å². The van der Waals surface area contributed by atoms with Gasteiger partial charge in [-0.15, -0.1) is 13.2 Å². The summed E-state index contributed by atoms with van der Waals surface area (Å²) in [5.41, 5.74) is -1.27.